The second kappa shape index (κ2) is 3.82. The van der Waals surface area contributed by atoms with E-state index in [-0.39, 0.29) is 11.2 Å². The molecule has 1 saturated carbocycles. The van der Waals surface area contributed by atoms with Crippen molar-refractivity contribution in [2.75, 3.05) is 0 Å². The Morgan fingerprint density at radius 3 is 2.83 bits per heavy atom. The predicted molar refractivity (Wildman–Crippen MR) is 70.2 cm³/mol. The van der Waals surface area contributed by atoms with Crippen LogP contribution in [-0.2, 0) is 0 Å². The molecule has 4 nitrogen and oxygen atoms in total. The Balaban J connectivity index is 1.96. The average molecular weight is 309 g/mol. The number of phenols is 1. The first-order valence-electron chi connectivity index (χ1n) is 5.80. The molecule has 0 radical (unpaired) electrons. The van der Waals surface area contributed by atoms with Crippen molar-refractivity contribution in [3.8, 4) is 17.2 Å². The second-order valence-electron chi connectivity index (χ2n) is 5.36. The zero-order valence-electron chi connectivity index (χ0n) is 10.1. The summed E-state index contributed by atoms with van der Waals surface area (Å²) in [6.45, 7) is 4.37. The van der Waals surface area contributed by atoms with Crippen LogP contribution in [0.4, 0.5) is 0 Å². The number of aromatic hydroxyl groups is 1. The van der Waals surface area contributed by atoms with Gasteiger partial charge in [-0.25, -0.2) is 0 Å². The van der Waals surface area contributed by atoms with E-state index in [4.69, 9.17) is 4.52 Å². The average Bonchev–Trinajstić information content (AvgIpc) is 2.77. The van der Waals surface area contributed by atoms with Crippen molar-refractivity contribution >= 4 is 15.9 Å². The summed E-state index contributed by atoms with van der Waals surface area (Å²) in [4.78, 5) is 4.38. The van der Waals surface area contributed by atoms with Crippen LogP contribution in [0.5, 0.6) is 5.75 Å². The predicted octanol–water partition coefficient (Wildman–Crippen LogP) is 3.72. The molecule has 5 heteroatoms. The summed E-state index contributed by atoms with van der Waals surface area (Å²) < 4.78 is 6.10. The Labute approximate surface area is 113 Å². The lowest BCUT2D eigenvalue weighted by Crippen LogP contribution is -1.91. The van der Waals surface area contributed by atoms with Gasteiger partial charge in [0.1, 0.15) is 5.75 Å². The molecule has 0 amide bonds. The zero-order chi connectivity index (χ0) is 12.9. The summed E-state index contributed by atoms with van der Waals surface area (Å²) in [6, 6.07) is 5.13. The van der Waals surface area contributed by atoms with E-state index in [9.17, 15) is 5.11 Å². The van der Waals surface area contributed by atoms with E-state index in [1.807, 2.05) is 0 Å². The summed E-state index contributed by atoms with van der Waals surface area (Å²) in [5.74, 6) is 1.61. The topological polar surface area (TPSA) is 59.2 Å². The van der Waals surface area contributed by atoms with Gasteiger partial charge < -0.3 is 9.63 Å². The van der Waals surface area contributed by atoms with Crippen LogP contribution in [0.15, 0.2) is 27.2 Å². The maximum absolute atomic E-state index is 9.81. The van der Waals surface area contributed by atoms with Crippen molar-refractivity contribution in [2.24, 2.45) is 5.41 Å². The molecule has 1 N–H and O–H groups in total. The largest absolute Gasteiger partial charge is 0.507 e. The van der Waals surface area contributed by atoms with E-state index >= 15 is 0 Å². The highest BCUT2D eigenvalue weighted by atomic mass is 79.9. The van der Waals surface area contributed by atoms with Gasteiger partial charge in [-0.15, -0.1) is 0 Å². The number of phenolic OH excluding ortho intramolecular Hbond substituents is 1. The van der Waals surface area contributed by atoms with E-state index in [1.165, 1.54) is 0 Å². The lowest BCUT2D eigenvalue weighted by Gasteiger charge is -1.99. The number of nitrogens with zero attached hydrogens (tertiary/aromatic N) is 2. The molecule has 1 aliphatic rings. The van der Waals surface area contributed by atoms with Crippen LogP contribution in [0.3, 0.4) is 0 Å². The highest BCUT2D eigenvalue weighted by Crippen LogP contribution is 2.57. The molecule has 0 spiro atoms. The molecule has 3 rings (SSSR count). The van der Waals surface area contributed by atoms with E-state index in [0.717, 1.165) is 16.7 Å². The van der Waals surface area contributed by atoms with E-state index in [1.54, 1.807) is 18.2 Å². The highest BCUT2D eigenvalue weighted by molar-refractivity contribution is 9.10. The monoisotopic (exact) mass is 308 g/mol. The van der Waals surface area contributed by atoms with Gasteiger partial charge >= 0.3 is 0 Å². The third-order valence-electron chi connectivity index (χ3n) is 3.46. The van der Waals surface area contributed by atoms with Gasteiger partial charge in [-0.2, -0.15) is 4.98 Å². The Bertz CT molecular complexity index is 607. The number of benzene rings is 1. The minimum absolute atomic E-state index is 0.142. The van der Waals surface area contributed by atoms with Crippen LogP contribution in [0.2, 0.25) is 0 Å². The van der Waals surface area contributed by atoms with Crippen LogP contribution in [0, 0.1) is 5.41 Å². The Hall–Kier alpha value is -1.36. The second-order valence-corrected chi connectivity index (χ2v) is 6.28. The smallest absolute Gasteiger partial charge is 0.261 e. The number of hydrogen-bond acceptors (Lipinski definition) is 4. The van der Waals surface area contributed by atoms with Gasteiger partial charge in [-0.1, -0.05) is 34.9 Å². The molecule has 18 heavy (non-hydrogen) atoms. The van der Waals surface area contributed by atoms with Crippen LogP contribution in [0.1, 0.15) is 32.0 Å². The third kappa shape index (κ3) is 1.92. The first-order chi connectivity index (χ1) is 8.47. The summed E-state index contributed by atoms with van der Waals surface area (Å²) in [5, 5.41) is 13.8. The molecule has 0 saturated heterocycles. The maximum Gasteiger partial charge on any atom is 0.261 e. The van der Waals surface area contributed by atoms with Gasteiger partial charge in [0.15, 0.2) is 5.82 Å². The van der Waals surface area contributed by atoms with Crippen molar-refractivity contribution in [3.63, 3.8) is 0 Å². The summed E-state index contributed by atoms with van der Waals surface area (Å²) in [6.07, 6.45) is 1.08. The van der Waals surface area contributed by atoms with Gasteiger partial charge in [-0.3, -0.25) is 0 Å². The van der Waals surface area contributed by atoms with Crippen LogP contribution >= 0.6 is 15.9 Å². The Morgan fingerprint density at radius 2 is 2.17 bits per heavy atom. The zero-order valence-corrected chi connectivity index (χ0v) is 11.7. The Morgan fingerprint density at radius 1 is 1.44 bits per heavy atom. The molecule has 1 fully saturated rings. The molecule has 1 heterocycles. The van der Waals surface area contributed by atoms with Crippen molar-refractivity contribution in [1.29, 1.82) is 0 Å². The fraction of sp³-hybridized carbons (Fsp3) is 0.385. The molecule has 2 aromatic rings. The maximum atomic E-state index is 9.81. The van der Waals surface area contributed by atoms with Gasteiger partial charge in [0.25, 0.3) is 5.89 Å². The van der Waals surface area contributed by atoms with Crippen LogP contribution in [0.25, 0.3) is 11.5 Å². The van der Waals surface area contributed by atoms with Crippen molar-refractivity contribution < 1.29 is 9.63 Å². The normalized spacial score (nSPS) is 20.9. The molecule has 1 unspecified atom stereocenters. The van der Waals surface area contributed by atoms with Gasteiger partial charge in [0.05, 0.1) is 5.56 Å². The fourth-order valence-electron chi connectivity index (χ4n) is 2.07. The van der Waals surface area contributed by atoms with E-state index in [0.29, 0.717) is 17.4 Å². The molecule has 1 aliphatic carbocycles. The lowest BCUT2D eigenvalue weighted by molar-refractivity contribution is 0.414. The first-order valence-corrected chi connectivity index (χ1v) is 6.59. The van der Waals surface area contributed by atoms with Gasteiger partial charge in [0.2, 0.25) is 0 Å². The van der Waals surface area contributed by atoms with Gasteiger partial charge in [-0.05, 0) is 30.0 Å². The van der Waals surface area contributed by atoms with Crippen LogP contribution in [-0.4, -0.2) is 15.2 Å². The molecule has 0 aliphatic heterocycles. The van der Waals surface area contributed by atoms with E-state index < -0.39 is 0 Å². The molecule has 94 valence electrons. The SMILES string of the molecule is CC1(C)CC1c1noc(-c2cc(Br)ccc2O)n1. The molecule has 1 atom stereocenters. The summed E-state index contributed by atoms with van der Waals surface area (Å²) in [5.41, 5.74) is 0.821. The highest BCUT2D eigenvalue weighted by Gasteiger charge is 2.49. The quantitative estimate of drug-likeness (QED) is 0.918. The minimum atomic E-state index is 0.142. The molecule has 1 aromatic heterocycles. The van der Waals surface area contributed by atoms with Gasteiger partial charge in [0, 0.05) is 10.4 Å². The van der Waals surface area contributed by atoms with E-state index in [2.05, 4.69) is 39.9 Å². The van der Waals surface area contributed by atoms with Crippen molar-refractivity contribution in [2.45, 2.75) is 26.2 Å². The fourth-order valence-corrected chi connectivity index (χ4v) is 2.43. The minimum Gasteiger partial charge on any atom is -0.507 e. The summed E-state index contributed by atoms with van der Waals surface area (Å²) >= 11 is 3.36. The number of hydrogen-bond donors (Lipinski definition) is 1. The number of aromatic nitrogens is 2. The van der Waals surface area contributed by atoms with Crippen LogP contribution < -0.4 is 0 Å². The first kappa shape index (κ1) is 11.7. The molecule has 1 aromatic carbocycles. The Kier molecular flexibility index (Phi) is 2.48. The van der Waals surface area contributed by atoms with Crippen molar-refractivity contribution in [3.05, 3.63) is 28.5 Å². The molecular weight excluding hydrogens is 296 g/mol. The van der Waals surface area contributed by atoms with Crippen molar-refractivity contribution in [1.82, 2.24) is 10.1 Å². The summed E-state index contributed by atoms with van der Waals surface area (Å²) in [7, 11) is 0. The number of rotatable bonds is 2. The molecular formula is C13H13BrN2O2. The number of halogens is 1. The third-order valence-corrected chi connectivity index (χ3v) is 3.95. The lowest BCUT2D eigenvalue weighted by atomic mass is 10.1. The standard InChI is InChI=1S/C13H13BrN2O2/c1-13(2)6-9(13)11-15-12(18-16-11)8-5-7(14)3-4-10(8)17/h3-5,9,17H,6H2,1-2H3. The molecule has 0 bridgehead atoms.